The van der Waals surface area contributed by atoms with Crippen LogP contribution in [0.3, 0.4) is 0 Å². The van der Waals surface area contributed by atoms with Gasteiger partial charge in [0.25, 0.3) is 0 Å². The Morgan fingerprint density at radius 2 is 2.58 bits per heavy atom. The third-order valence-corrected chi connectivity index (χ3v) is 2.73. The quantitative estimate of drug-likeness (QED) is 0.514. The Morgan fingerprint density at radius 3 is 3.08 bits per heavy atom. The Kier molecular flexibility index (Phi) is 1.65. The van der Waals surface area contributed by atoms with Gasteiger partial charge in [0.15, 0.2) is 0 Å². The van der Waals surface area contributed by atoms with Crippen molar-refractivity contribution >= 4 is 17.9 Å². The summed E-state index contributed by atoms with van der Waals surface area (Å²) in [6, 6.07) is 3.81. The van der Waals surface area contributed by atoms with Crippen molar-refractivity contribution in [3.63, 3.8) is 0 Å². The molecule has 0 aliphatic heterocycles. The fourth-order valence-electron chi connectivity index (χ4n) is 1.36. The van der Waals surface area contributed by atoms with Gasteiger partial charge >= 0.3 is 0 Å². The molecule has 2 atom stereocenters. The molecule has 1 fully saturated rings. The second kappa shape index (κ2) is 2.56. The average molecular weight is 182 g/mol. The summed E-state index contributed by atoms with van der Waals surface area (Å²) in [5.74, 6) is 0.172. The predicted molar refractivity (Wildman–Crippen MR) is 46.2 cm³/mol. The SMILES string of the molecule is O=C[C@]1(Cl)C[C@H]1c1cccnc1. The Morgan fingerprint density at radius 1 is 1.75 bits per heavy atom. The number of hydrogen-bond donors (Lipinski definition) is 0. The van der Waals surface area contributed by atoms with E-state index in [-0.39, 0.29) is 5.92 Å². The minimum atomic E-state index is -0.636. The van der Waals surface area contributed by atoms with Gasteiger partial charge in [-0.1, -0.05) is 6.07 Å². The summed E-state index contributed by atoms with van der Waals surface area (Å²) < 4.78 is 0. The van der Waals surface area contributed by atoms with E-state index in [4.69, 9.17) is 11.6 Å². The highest BCUT2D eigenvalue weighted by atomic mass is 35.5. The lowest BCUT2D eigenvalue weighted by Gasteiger charge is -1.98. The topological polar surface area (TPSA) is 30.0 Å². The van der Waals surface area contributed by atoms with E-state index in [1.165, 1.54) is 0 Å². The van der Waals surface area contributed by atoms with Gasteiger partial charge in [-0.05, 0) is 18.1 Å². The van der Waals surface area contributed by atoms with Crippen molar-refractivity contribution in [3.05, 3.63) is 30.1 Å². The van der Waals surface area contributed by atoms with Crippen molar-refractivity contribution in [1.29, 1.82) is 0 Å². The molecule has 0 N–H and O–H groups in total. The lowest BCUT2D eigenvalue weighted by Crippen LogP contribution is -2.02. The van der Waals surface area contributed by atoms with Crippen LogP contribution < -0.4 is 0 Å². The van der Waals surface area contributed by atoms with E-state index in [9.17, 15) is 4.79 Å². The summed E-state index contributed by atoms with van der Waals surface area (Å²) in [5.41, 5.74) is 1.06. The van der Waals surface area contributed by atoms with Crippen LogP contribution in [0, 0.1) is 0 Å². The molecule has 2 nitrogen and oxygen atoms in total. The van der Waals surface area contributed by atoms with Crippen LogP contribution in [-0.4, -0.2) is 16.1 Å². The summed E-state index contributed by atoms with van der Waals surface area (Å²) in [5, 5.41) is 0. The maximum atomic E-state index is 10.5. The van der Waals surface area contributed by atoms with E-state index in [1.54, 1.807) is 12.4 Å². The van der Waals surface area contributed by atoms with Gasteiger partial charge in [-0.3, -0.25) is 4.98 Å². The smallest absolute Gasteiger partial charge is 0.141 e. The molecule has 2 rings (SSSR count). The van der Waals surface area contributed by atoms with Gasteiger partial charge in [-0.25, -0.2) is 0 Å². The number of nitrogens with zero attached hydrogens (tertiary/aromatic N) is 1. The zero-order chi connectivity index (χ0) is 8.60. The molecule has 1 aliphatic rings. The molecule has 1 saturated carbocycles. The fraction of sp³-hybridized carbons (Fsp3) is 0.333. The molecule has 0 amide bonds. The van der Waals surface area contributed by atoms with Gasteiger partial charge in [0.2, 0.25) is 0 Å². The highest BCUT2D eigenvalue weighted by Crippen LogP contribution is 2.54. The molecular weight excluding hydrogens is 174 g/mol. The summed E-state index contributed by atoms with van der Waals surface area (Å²) >= 11 is 5.93. The molecule has 1 aromatic heterocycles. The maximum Gasteiger partial charge on any atom is 0.141 e. The number of carbonyl (C=O) groups excluding carboxylic acids is 1. The predicted octanol–water partition coefficient (Wildman–Crippen LogP) is 1.75. The van der Waals surface area contributed by atoms with Gasteiger partial charge in [0, 0.05) is 18.3 Å². The van der Waals surface area contributed by atoms with Crippen LogP contribution >= 0.6 is 11.6 Å². The number of alkyl halides is 1. The van der Waals surface area contributed by atoms with E-state index in [0.29, 0.717) is 0 Å². The van der Waals surface area contributed by atoms with E-state index in [0.717, 1.165) is 18.3 Å². The monoisotopic (exact) mass is 181 g/mol. The second-order valence-corrected chi connectivity index (χ2v) is 3.79. The second-order valence-electron chi connectivity index (χ2n) is 3.09. The van der Waals surface area contributed by atoms with Crippen LogP contribution in [0.25, 0.3) is 0 Å². The van der Waals surface area contributed by atoms with Crippen LogP contribution in [0.5, 0.6) is 0 Å². The number of carbonyl (C=O) groups is 1. The first kappa shape index (κ1) is 7.74. The first-order valence-electron chi connectivity index (χ1n) is 3.81. The molecule has 0 bridgehead atoms. The molecule has 0 spiro atoms. The molecule has 62 valence electrons. The first-order chi connectivity index (χ1) is 5.76. The standard InChI is InChI=1S/C9H8ClNO/c10-9(6-12)4-8(9)7-2-1-3-11-5-7/h1-3,5-6,8H,4H2/t8-,9+/m0/s1. The molecule has 1 heterocycles. The van der Waals surface area contributed by atoms with Gasteiger partial charge in [0.05, 0.1) is 0 Å². The molecule has 1 aliphatic carbocycles. The average Bonchev–Trinajstić information content (AvgIpc) is 2.81. The molecule has 0 saturated heterocycles. The largest absolute Gasteiger partial charge is 0.301 e. The van der Waals surface area contributed by atoms with Crippen LogP contribution in [-0.2, 0) is 4.79 Å². The number of rotatable bonds is 2. The van der Waals surface area contributed by atoms with E-state index in [2.05, 4.69) is 4.98 Å². The number of halogens is 1. The Bertz CT molecular complexity index is 301. The van der Waals surface area contributed by atoms with Gasteiger partial charge < -0.3 is 4.79 Å². The Balaban J connectivity index is 2.21. The zero-order valence-corrected chi connectivity index (χ0v) is 7.16. The molecule has 0 aromatic carbocycles. The summed E-state index contributed by atoms with van der Waals surface area (Å²) in [7, 11) is 0. The van der Waals surface area contributed by atoms with E-state index in [1.807, 2.05) is 12.1 Å². The third kappa shape index (κ3) is 1.12. The van der Waals surface area contributed by atoms with Crippen LogP contribution in [0.4, 0.5) is 0 Å². The normalized spacial score (nSPS) is 32.9. The minimum Gasteiger partial charge on any atom is -0.301 e. The van der Waals surface area contributed by atoms with E-state index < -0.39 is 4.87 Å². The zero-order valence-electron chi connectivity index (χ0n) is 6.40. The van der Waals surface area contributed by atoms with Crippen LogP contribution in [0.15, 0.2) is 24.5 Å². The molecule has 3 heteroatoms. The van der Waals surface area contributed by atoms with Gasteiger partial charge in [-0.15, -0.1) is 11.6 Å². The highest BCUT2D eigenvalue weighted by Gasteiger charge is 2.53. The summed E-state index contributed by atoms with van der Waals surface area (Å²) in [6.45, 7) is 0. The highest BCUT2D eigenvalue weighted by molar-refractivity contribution is 6.35. The summed E-state index contributed by atoms with van der Waals surface area (Å²) in [4.78, 5) is 13.9. The van der Waals surface area contributed by atoms with Gasteiger partial charge in [0.1, 0.15) is 11.2 Å². The first-order valence-corrected chi connectivity index (χ1v) is 4.19. The van der Waals surface area contributed by atoms with E-state index >= 15 is 0 Å². The minimum absolute atomic E-state index is 0.172. The van der Waals surface area contributed by atoms with Crippen LogP contribution in [0.2, 0.25) is 0 Å². The maximum absolute atomic E-state index is 10.5. The number of aromatic nitrogens is 1. The molecule has 12 heavy (non-hydrogen) atoms. The number of pyridine rings is 1. The third-order valence-electron chi connectivity index (χ3n) is 2.22. The fourth-order valence-corrected chi connectivity index (χ4v) is 1.64. The Hall–Kier alpha value is -0.890. The molecule has 0 radical (unpaired) electrons. The Labute approximate surface area is 75.6 Å². The van der Waals surface area contributed by atoms with Crippen molar-refractivity contribution in [1.82, 2.24) is 4.98 Å². The van der Waals surface area contributed by atoms with Crippen molar-refractivity contribution in [2.24, 2.45) is 0 Å². The van der Waals surface area contributed by atoms with Crippen LogP contribution in [0.1, 0.15) is 17.9 Å². The summed E-state index contributed by atoms with van der Waals surface area (Å²) in [6.07, 6.45) is 5.04. The lowest BCUT2D eigenvalue weighted by molar-refractivity contribution is -0.108. The number of aldehydes is 1. The lowest BCUT2D eigenvalue weighted by atomic mass is 10.1. The number of hydrogen-bond acceptors (Lipinski definition) is 2. The van der Waals surface area contributed by atoms with Crippen molar-refractivity contribution < 1.29 is 4.79 Å². The van der Waals surface area contributed by atoms with Gasteiger partial charge in [-0.2, -0.15) is 0 Å². The van der Waals surface area contributed by atoms with Crippen molar-refractivity contribution in [2.45, 2.75) is 17.2 Å². The molecular formula is C9H8ClNO. The molecule has 0 unspecified atom stereocenters. The molecule has 1 aromatic rings. The van der Waals surface area contributed by atoms with Crippen molar-refractivity contribution in [2.75, 3.05) is 0 Å². The van der Waals surface area contributed by atoms with Crippen molar-refractivity contribution in [3.8, 4) is 0 Å².